The third-order valence-corrected chi connectivity index (χ3v) is 3.81. The van der Waals surface area contributed by atoms with Crippen LogP contribution in [0.4, 0.5) is 24.5 Å². The highest BCUT2D eigenvalue weighted by molar-refractivity contribution is 9.10. The summed E-state index contributed by atoms with van der Waals surface area (Å²) in [5.74, 6) is -0.0740. The van der Waals surface area contributed by atoms with Crippen LogP contribution in [-0.2, 0) is 11.6 Å². The first kappa shape index (κ1) is 19.3. The highest BCUT2D eigenvalue weighted by Crippen LogP contribution is 2.39. The smallest absolute Gasteiger partial charge is 0.418 e. The molecule has 0 aliphatic heterocycles. The summed E-state index contributed by atoms with van der Waals surface area (Å²) in [7, 11) is 0. The number of halogens is 4. The number of rotatable bonds is 2. The van der Waals surface area contributed by atoms with E-state index in [0.29, 0.717) is 5.89 Å². The Morgan fingerprint density at radius 1 is 1.28 bits per heavy atom. The van der Waals surface area contributed by atoms with Gasteiger partial charge in [-0.25, -0.2) is 4.98 Å². The predicted molar refractivity (Wildman–Crippen MR) is 91.4 cm³/mol. The van der Waals surface area contributed by atoms with Gasteiger partial charge in [0, 0.05) is 9.89 Å². The second-order valence-corrected chi connectivity index (χ2v) is 7.46. The van der Waals surface area contributed by atoms with Crippen molar-refractivity contribution in [1.82, 2.24) is 4.98 Å². The van der Waals surface area contributed by atoms with Gasteiger partial charge in [0.25, 0.3) is 5.91 Å². The van der Waals surface area contributed by atoms with E-state index in [4.69, 9.17) is 10.2 Å². The number of hydrogen-bond donors (Lipinski definition) is 2. The van der Waals surface area contributed by atoms with Crippen LogP contribution in [0.1, 0.15) is 48.5 Å². The molecule has 1 amide bonds. The molecule has 0 saturated heterocycles. The number of nitrogen functional groups attached to an aromatic ring is 1. The van der Waals surface area contributed by atoms with E-state index in [0.717, 1.165) is 6.07 Å². The Balaban J connectivity index is 2.39. The minimum absolute atomic E-state index is 0.00198. The van der Waals surface area contributed by atoms with Crippen LogP contribution in [0, 0.1) is 6.92 Å². The normalized spacial score (nSPS) is 12.3. The van der Waals surface area contributed by atoms with Crippen molar-refractivity contribution in [2.75, 3.05) is 11.1 Å². The Hall–Kier alpha value is -2.03. The average Bonchev–Trinajstić information content (AvgIpc) is 2.83. The van der Waals surface area contributed by atoms with Crippen molar-refractivity contribution in [2.24, 2.45) is 0 Å². The summed E-state index contributed by atoms with van der Waals surface area (Å²) in [5, 5.41) is 2.37. The average molecular weight is 420 g/mol. The molecule has 5 nitrogen and oxygen atoms in total. The van der Waals surface area contributed by atoms with E-state index in [-0.39, 0.29) is 21.6 Å². The van der Waals surface area contributed by atoms with Gasteiger partial charge < -0.3 is 15.5 Å². The molecule has 2 aromatic rings. The monoisotopic (exact) mass is 419 g/mol. The molecule has 0 unspecified atom stereocenters. The van der Waals surface area contributed by atoms with Crippen LogP contribution >= 0.6 is 15.9 Å². The van der Waals surface area contributed by atoms with Crippen molar-refractivity contribution in [3.63, 3.8) is 0 Å². The third kappa shape index (κ3) is 4.15. The quantitative estimate of drug-likeness (QED) is 0.678. The second kappa shape index (κ2) is 6.36. The molecule has 136 valence electrons. The lowest BCUT2D eigenvalue weighted by atomic mass is 9.97. The fraction of sp³-hybridized carbons (Fsp3) is 0.375. The van der Waals surface area contributed by atoms with Crippen LogP contribution in [0.25, 0.3) is 0 Å². The Kier molecular flexibility index (Phi) is 4.91. The second-order valence-electron chi connectivity index (χ2n) is 6.54. The largest absolute Gasteiger partial charge is 0.445 e. The van der Waals surface area contributed by atoms with Crippen LogP contribution in [0.5, 0.6) is 0 Å². The van der Waals surface area contributed by atoms with Crippen molar-refractivity contribution >= 4 is 33.2 Å². The summed E-state index contributed by atoms with van der Waals surface area (Å²) in [6.45, 7) is 7.15. The van der Waals surface area contributed by atoms with Crippen molar-refractivity contribution < 1.29 is 22.4 Å². The van der Waals surface area contributed by atoms with E-state index in [1.807, 2.05) is 20.8 Å². The van der Waals surface area contributed by atoms with E-state index < -0.39 is 28.7 Å². The molecule has 0 bridgehead atoms. The molecular weight excluding hydrogens is 403 g/mol. The van der Waals surface area contributed by atoms with Gasteiger partial charge in [-0.2, -0.15) is 13.2 Å². The number of oxazole rings is 1. The molecular formula is C16H17BrF3N3O2. The van der Waals surface area contributed by atoms with E-state index in [9.17, 15) is 18.0 Å². The summed E-state index contributed by atoms with van der Waals surface area (Å²) in [4.78, 5) is 16.6. The number of nitrogens with zero attached hydrogens (tertiary/aromatic N) is 1. The first-order valence-corrected chi connectivity index (χ1v) is 8.05. The molecule has 3 N–H and O–H groups in total. The highest BCUT2D eigenvalue weighted by atomic mass is 79.9. The number of hydrogen-bond acceptors (Lipinski definition) is 4. The summed E-state index contributed by atoms with van der Waals surface area (Å²) in [6, 6.07) is 2.15. The number of nitrogens with two attached hydrogens (primary N) is 1. The molecule has 0 radical (unpaired) electrons. The number of nitrogens with one attached hydrogen (secondary N) is 1. The molecule has 0 spiro atoms. The van der Waals surface area contributed by atoms with Crippen molar-refractivity contribution in [2.45, 2.75) is 39.3 Å². The van der Waals surface area contributed by atoms with Gasteiger partial charge in [-0.05, 0) is 19.1 Å². The van der Waals surface area contributed by atoms with E-state index in [2.05, 4.69) is 26.2 Å². The number of anilines is 2. The standard InChI is InChI=1S/C16H17BrF3N3O2/c1-7-12(23-14(25-7)15(2,3)4)13(24)22-10-6-8(17)5-9(11(10)21)16(18,19)20/h5-6H,21H2,1-4H3,(H,22,24). The number of aryl methyl sites for hydroxylation is 1. The van der Waals surface area contributed by atoms with Crippen LogP contribution in [0.3, 0.4) is 0 Å². The molecule has 1 heterocycles. The Labute approximate surface area is 150 Å². The molecule has 25 heavy (non-hydrogen) atoms. The van der Waals surface area contributed by atoms with Crippen molar-refractivity contribution in [1.29, 1.82) is 0 Å². The summed E-state index contributed by atoms with van der Waals surface area (Å²) >= 11 is 2.99. The predicted octanol–water partition coefficient (Wildman–Crippen LogP) is 4.90. The van der Waals surface area contributed by atoms with E-state index >= 15 is 0 Å². The molecule has 0 fully saturated rings. The summed E-state index contributed by atoms with van der Waals surface area (Å²) in [5.41, 5.74) is 3.39. The number of carbonyl (C=O) groups is 1. The number of alkyl halides is 3. The Bertz CT molecular complexity index is 823. The summed E-state index contributed by atoms with van der Waals surface area (Å²) < 4.78 is 44.7. The maximum absolute atomic E-state index is 13.0. The highest BCUT2D eigenvalue weighted by Gasteiger charge is 2.35. The number of carbonyl (C=O) groups excluding carboxylic acids is 1. The Morgan fingerprint density at radius 3 is 2.36 bits per heavy atom. The zero-order chi connectivity index (χ0) is 19.2. The van der Waals surface area contributed by atoms with E-state index in [1.54, 1.807) is 6.92 Å². The van der Waals surface area contributed by atoms with Gasteiger partial charge in [-0.3, -0.25) is 4.79 Å². The number of benzene rings is 1. The van der Waals surface area contributed by atoms with Crippen LogP contribution < -0.4 is 11.1 Å². The maximum atomic E-state index is 13.0. The molecule has 1 aromatic heterocycles. The minimum Gasteiger partial charge on any atom is -0.445 e. The topological polar surface area (TPSA) is 81.2 Å². The lowest BCUT2D eigenvalue weighted by molar-refractivity contribution is -0.136. The molecule has 0 aliphatic rings. The van der Waals surface area contributed by atoms with Gasteiger partial charge >= 0.3 is 6.18 Å². The molecule has 0 aliphatic carbocycles. The van der Waals surface area contributed by atoms with Crippen molar-refractivity contribution in [3.8, 4) is 0 Å². The molecule has 9 heteroatoms. The first-order chi connectivity index (χ1) is 11.3. The molecule has 2 rings (SSSR count). The fourth-order valence-corrected chi connectivity index (χ4v) is 2.52. The van der Waals surface area contributed by atoms with Crippen LogP contribution in [-0.4, -0.2) is 10.9 Å². The molecule has 0 atom stereocenters. The lowest BCUT2D eigenvalue weighted by Crippen LogP contribution is -2.18. The minimum atomic E-state index is -4.64. The van der Waals surface area contributed by atoms with Gasteiger partial charge in [0.2, 0.25) is 5.89 Å². The molecule has 0 saturated carbocycles. The van der Waals surface area contributed by atoms with Gasteiger partial charge in [0.05, 0.1) is 16.9 Å². The number of aromatic nitrogens is 1. The number of amides is 1. The van der Waals surface area contributed by atoms with E-state index in [1.165, 1.54) is 6.07 Å². The fourth-order valence-electron chi connectivity index (χ4n) is 2.07. The van der Waals surface area contributed by atoms with Gasteiger partial charge in [-0.15, -0.1) is 0 Å². The molecule has 1 aromatic carbocycles. The SMILES string of the molecule is Cc1oc(C(C)(C)C)nc1C(=O)Nc1cc(Br)cc(C(F)(F)F)c1N. The zero-order valence-electron chi connectivity index (χ0n) is 14.0. The van der Waals surface area contributed by atoms with Gasteiger partial charge in [0.15, 0.2) is 5.69 Å². The Morgan fingerprint density at radius 2 is 1.88 bits per heavy atom. The van der Waals surface area contributed by atoms with Crippen LogP contribution in [0.15, 0.2) is 21.0 Å². The lowest BCUT2D eigenvalue weighted by Gasteiger charge is -2.15. The third-order valence-electron chi connectivity index (χ3n) is 3.35. The zero-order valence-corrected chi connectivity index (χ0v) is 15.6. The van der Waals surface area contributed by atoms with Crippen molar-refractivity contribution in [3.05, 3.63) is 39.5 Å². The van der Waals surface area contributed by atoms with Gasteiger partial charge in [0.1, 0.15) is 5.76 Å². The van der Waals surface area contributed by atoms with Gasteiger partial charge in [-0.1, -0.05) is 36.7 Å². The summed E-state index contributed by atoms with van der Waals surface area (Å²) in [6.07, 6.45) is -4.64. The maximum Gasteiger partial charge on any atom is 0.418 e. The first-order valence-electron chi connectivity index (χ1n) is 7.26. The van der Waals surface area contributed by atoms with Crippen LogP contribution in [0.2, 0.25) is 0 Å².